The van der Waals surface area contributed by atoms with Crippen molar-refractivity contribution in [3.8, 4) is 0 Å². The van der Waals surface area contributed by atoms with Crippen LogP contribution in [0.4, 0.5) is 23.7 Å². The number of amides is 2. The normalized spacial score (nSPS) is 15.8. The van der Waals surface area contributed by atoms with Crippen molar-refractivity contribution in [2.45, 2.75) is 19.9 Å². The Morgan fingerprint density at radius 2 is 2.00 bits per heavy atom. The lowest BCUT2D eigenvalue weighted by Gasteiger charge is -2.22. The highest BCUT2D eigenvalue weighted by Crippen LogP contribution is 2.20. The number of carbonyl (C=O) groups is 1. The Bertz CT molecular complexity index is 798. The van der Waals surface area contributed by atoms with Crippen molar-refractivity contribution < 1.29 is 18.0 Å². The van der Waals surface area contributed by atoms with Crippen LogP contribution in [-0.4, -0.2) is 47.0 Å². The van der Waals surface area contributed by atoms with E-state index in [-0.39, 0.29) is 5.69 Å². The molecule has 3 rings (SSSR count). The van der Waals surface area contributed by atoms with Crippen LogP contribution in [0.25, 0.3) is 0 Å². The third-order valence-corrected chi connectivity index (χ3v) is 5.03. The molecule has 2 heterocycles. The van der Waals surface area contributed by atoms with E-state index in [1.54, 1.807) is 16.2 Å². The molecule has 2 aromatic rings. The summed E-state index contributed by atoms with van der Waals surface area (Å²) in [5, 5.41) is 5.36. The topological polar surface area (TPSA) is 48.5 Å². The predicted octanol–water partition coefficient (Wildman–Crippen LogP) is 3.61. The monoisotopic (exact) mass is 384 g/mol. The number of aryl methyl sites for hydroxylation is 1. The van der Waals surface area contributed by atoms with E-state index >= 15 is 0 Å². The van der Waals surface area contributed by atoms with Gasteiger partial charge in [-0.2, -0.15) is 0 Å². The first kappa shape index (κ1) is 18.7. The number of hydrogen-bond donors (Lipinski definition) is 1. The first-order valence-electron chi connectivity index (χ1n) is 8.27. The Kier molecular flexibility index (Phi) is 5.77. The van der Waals surface area contributed by atoms with E-state index in [9.17, 15) is 18.0 Å². The van der Waals surface area contributed by atoms with Crippen molar-refractivity contribution in [3.63, 3.8) is 0 Å². The van der Waals surface area contributed by atoms with Crippen molar-refractivity contribution in [3.05, 3.63) is 45.7 Å². The predicted molar refractivity (Wildman–Crippen MR) is 93.7 cm³/mol. The molecule has 0 radical (unpaired) electrons. The van der Waals surface area contributed by atoms with Crippen LogP contribution in [0.2, 0.25) is 0 Å². The van der Waals surface area contributed by atoms with Gasteiger partial charge in [-0.05, 0) is 25.5 Å². The SMILES string of the molecule is Cc1nc(CN2CCCN(C(=O)Nc3ccc(F)c(F)c3F)CC2)cs1. The van der Waals surface area contributed by atoms with Crippen molar-refractivity contribution in [1.82, 2.24) is 14.8 Å². The zero-order valence-electron chi connectivity index (χ0n) is 14.3. The summed E-state index contributed by atoms with van der Waals surface area (Å²) in [4.78, 5) is 20.5. The molecule has 0 saturated carbocycles. The van der Waals surface area contributed by atoms with Crippen LogP contribution in [-0.2, 0) is 6.54 Å². The molecule has 0 atom stereocenters. The Labute approximate surface area is 153 Å². The number of carbonyl (C=O) groups excluding carboxylic acids is 1. The van der Waals surface area contributed by atoms with Crippen LogP contribution in [0.3, 0.4) is 0 Å². The minimum absolute atomic E-state index is 0.368. The van der Waals surface area contributed by atoms with Crippen molar-refractivity contribution in [1.29, 1.82) is 0 Å². The molecule has 1 saturated heterocycles. The highest BCUT2D eigenvalue weighted by atomic mass is 32.1. The fraction of sp³-hybridized carbons (Fsp3) is 0.412. The maximum absolute atomic E-state index is 13.7. The average molecular weight is 384 g/mol. The van der Waals surface area contributed by atoms with Gasteiger partial charge >= 0.3 is 6.03 Å². The number of anilines is 1. The van der Waals surface area contributed by atoms with Gasteiger partial charge in [-0.3, -0.25) is 4.90 Å². The van der Waals surface area contributed by atoms with Gasteiger partial charge in [0.25, 0.3) is 0 Å². The number of nitrogens with one attached hydrogen (secondary N) is 1. The molecule has 0 spiro atoms. The molecule has 140 valence electrons. The van der Waals surface area contributed by atoms with E-state index in [0.29, 0.717) is 19.6 Å². The Balaban J connectivity index is 1.58. The van der Waals surface area contributed by atoms with Gasteiger partial charge in [0, 0.05) is 38.1 Å². The lowest BCUT2D eigenvalue weighted by molar-refractivity contribution is 0.210. The quantitative estimate of drug-likeness (QED) is 0.823. The summed E-state index contributed by atoms with van der Waals surface area (Å²) in [6.45, 7) is 5.12. The molecule has 9 heteroatoms. The van der Waals surface area contributed by atoms with E-state index in [1.807, 2.05) is 12.3 Å². The molecule has 1 aliphatic heterocycles. The molecule has 2 amide bonds. The third kappa shape index (κ3) is 4.34. The molecule has 1 aromatic heterocycles. The molecular formula is C17H19F3N4OS. The van der Waals surface area contributed by atoms with Gasteiger partial charge in [0.15, 0.2) is 17.5 Å². The van der Waals surface area contributed by atoms with Gasteiger partial charge in [-0.25, -0.2) is 22.9 Å². The van der Waals surface area contributed by atoms with Gasteiger partial charge < -0.3 is 10.2 Å². The first-order valence-corrected chi connectivity index (χ1v) is 9.15. The molecule has 0 unspecified atom stereocenters. The largest absolute Gasteiger partial charge is 0.323 e. The number of nitrogens with zero attached hydrogens (tertiary/aromatic N) is 3. The van der Waals surface area contributed by atoms with Crippen molar-refractivity contribution >= 4 is 23.1 Å². The van der Waals surface area contributed by atoms with Crippen LogP contribution in [0, 0.1) is 24.4 Å². The second kappa shape index (κ2) is 8.05. The summed E-state index contributed by atoms with van der Waals surface area (Å²) < 4.78 is 40.0. The maximum Gasteiger partial charge on any atom is 0.321 e. The molecule has 1 aliphatic rings. The number of urea groups is 1. The third-order valence-electron chi connectivity index (χ3n) is 4.20. The lowest BCUT2D eigenvalue weighted by atomic mass is 10.3. The number of rotatable bonds is 3. The molecule has 1 N–H and O–H groups in total. The molecular weight excluding hydrogens is 365 g/mol. The van der Waals surface area contributed by atoms with Crippen LogP contribution in [0.1, 0.15) is 17.1 Å². The highest BCUT2D eigenvalue weighted by molar-refractivity contribution is 7.09. The summed E-state index contributed by atoms with van der Waals surface area (Å²) >= 11 is 1.60. The lowest BCUT2D eigenvalue weighted by Crippen LogP contribution is -2.38. The van der Waals surface area contributed by atoms with Gasteiger partial charge in [-0.1, -0.05) is 0 Å². The van der Waals surface area contributed by atoms with Crippen molar-refractivity contribution in [2.24, 2.45) is 0 Å². The summed E-state index contributed by atoms with van der Waals surface area (Å²) in [7, 11) is 0. The van der Waals surface area contributed by atoms with E-state index < -0.39 is 23.5 Å². The maximum atomic E-state index is 13.7. The molecule has 0 bridgehead atoms. The number of halogens is 3. The summed E-state index contributed by atoms with van der Waals surface area (Å²) in [6, 6.07) is 1.27. The smallest absolute Gasteiger partial charge is 0.321 e. The molecule has 5 nitrogen and oxygen atoms in total. The van der Waals surface area contributed by atoms with E-state index in [4.69, 9.17) is 0 Å². The van der Waals surface area contributed by atoms with Crippen LogP contribution in [0.5, 0.6) is 0 Å². The van der Waals surface area contributed by atoms with Gasteiger partial charge in [-0.15, -0.1) is 11.3 Å². The standard InChI is InChI=1S/C17H19F3N4OS/c1-11-21-12(10-26-11)9-23-5-2-6-24(8-7-23)17(25)22-14-4-3-13(18)15(19)16(14)20/h3-4,10H,2,5-9H2,1H3,(H,22,25). The highest BCUT2D eigenvalue weighted by Gasteiger charge is 2.22. The summed E-state index contributed by atoms with van der Waals surface area (Å²) in [5.74, 6) is -4.28. The van der Waals surface area contributed by atoms with E-state index in [0.717, 1.165) is 42.3 Å². The Morgan fingerprint density at radius 1 is 1.19 bits per heavy atom. The van der Waals surface area contributed by atoms with Gasteiger partial charge in [0.1, 0.15) is 0 Å². The molecule has 1 fully saturated rings. The number of aromatic nitrogens is 1. The van der Waals surface area contributed by atoms with Crippen LogP contribution in [0.15, 0.2) is 17.5 Å². The Morgan fingerprint density at radius 3 is 2.73 bits per heavy atom. The molecule has 1 aromatic carbocycles. The second-order valence-electron chi connectivity index (χ2n) is 6.13. The van der Waals surface area contributed by atoms with Crippen molar-refractivity contribution in [2.75, 3.05) is 31.5 Å². The first-order chi connectivity index (χ1) is 12.4. The zero-order chi connectivity index (χ0) is 18.7. The average Bonchev–Trinajstić information content (AvgIpc) is 2.88. The van der Waals surface area contributed by atoms with Crippen LogP contribution >= 0.6 is 11.3 Å². The number of hydrogen-bond acceptors (Lipinski definition) is 4. The fourth-order valence-electron chi connectivity index (χ4n) is 2.86. The number of benzene rings is 1. The minimum Gasteiger partial charge on any atom is -0.323 e. The number of thiazole rings is 1. The Hall–Kier alpha value is -2.13. The molecule has 26 heavy (non-hydrogen) atoms. The van der Waals surface area contributed by atoms with Crippen LogP contribution < -0.4 is 5.32 Å². The second-order valence-corrected chi connectivity index (χ2v) is 7.19. The van der Waals surface area contributed by atoms with Gasteiger partial charge in [0.2, 0.25) is 0 Å². The summed E-state index contributed by atoms with van der Waals surface area (Å²) in [5.41, 5.74) is 0.641. The fourth-order valence-corrected chi connectivity index (χ4v) is 3.46. The minimum atomic E-state index is -1.59. The van der Waals surface area contributed by atoms with E-state index in [2.05, 4.69) is 15.2 Å². The summed E-state index contributed by atoms with van der Waals surface area (Å²) in [6.07, 6.45) is 0.761. The zero-order valence-corrected chi connectivity index (χ0v) is 15.1. The van der Waals surface area contributed by atoms with E-state index in [1.165, 1.54) is 0 Å². The van der Waals surface area contributed by atoms with Gasteiger partial charge in [0.05, 0.1) is 16.4 Å². The molecule has 0 aliphatic carbocycles.